The molecule has 2 N–H and O–H groups in total. The van der Waals surface area contributed by atoms with Crippen molar-refractivity contribution in [2.75, 3.05) is 11.9 Å². The second kappa shape index (κ2) is 8.25. The highest BCUT2D eigenvalue weighted by molar-refractivity contribution is 6.03. The lowest BCUT2D eigenvalue weighted by Crippen LogP contribution is -2.22. The van der Waals surface area contributed by atoms with Gasteiger partial charge in [0.2, 0.25) is 0 Å². The predicted molar refractivity (Wildman–Crippen MR) is 94.3 cm³/mol. The number of nitrogens with one attached hydrogen (secondary N) is 2. The molecule has 0 aliphatic carbocycles. The molecule has 144 valence electrons. The smallest absolute Gasteiger partial charge is 0.387 e. The molecular weight excluding hydrogens is 376 g/mol. The third-order valence-corrected chi connectivity index (χ3v) is 3.59. The van der Waals surface area contributed by atoms with Crippen molar-refractivity contribution in [3.8, 4) is 5.75 Å². The molecule has 0 aliphatic heterocycles. The Labute approximate surface area is 156 Å². The normalized spacial score (nSPS) is 10.7. The average molecular weight is 389 g/mol. The molecule has 0 saturated carbocycles. The minimum atomic E-state index is -2.95. The van der Waals surface area contributed by atoms with Gasteiger partial charge in [-0.05, 0) is 30.3 Å². The Morgan fingerprint density at radius 1 is 1.07 bits per heavy atom. The Hall–Kier alpha value is -3.82. The summed E-state index contributed by atoms with van der Waals surface area (Å²) in [5.74, 6) is -1.59. The molecule has 28 heavy (non-hydrogen) atoms. The van der Waals surface area contributed by atoms with Crippen LogP contribution < -0.4 is 15.6 Å². The first kappa shape index (κ1) is 19.0. The highest BCUT2D eigenvalue weighted by atomic mass is 19.3. The number of rotatable bonds is 6. The zero-order chi connectivity index (χ0) is 20.1. The molecule has 0 bridgehead atoms. The van der Waals surface area contributed by atoms with Gasteiger partial charge in [0.25, 0.3) is 11.5 Å². The fourth-order valence-corrected chi connectivity index (χ4v) is 2.39. The van der Waals surface area contributed by atoms with E-state index >= 15 is 0 Å². The van der Waals surface area contributed by atoms with Gasteiger partial charge in [0.1, 0.15) is 5.75 Å². The van der Waals surface area contributed by atoms with Crippen molar-refractivity contribution in [2.24, 2.45) is 0 Å². The van der Waals surface area contributed by atoms with Gasteiger partial charge in [-0.2, -0.15) is 13.9 Å². The molecule has 3 aromatic rings. The summed E-state index contributed by atoms with van der Waals surface area (Å²) >= 11 is 0. The van der Waals surface area contributed by atoms with Crippen molar-refractivity contribution in [2.45, 2.75) is 6.61 Å². The molecule has 0 aliphatic rings. The number of carbonyl (C=O) groups excluding carboxylic acids is 2. The monoisotopic (exact) mass is 389 g/mol. The van der Waals surface area contributed by atoms with Crippen molar-refractivity contribution in [1.29, 1.82) is 0 Å². The summed E-state index contributed by atoms with van der Waals surface area (Å²) in [5, 5.41) is 8.88. The molecule has 0 radical (unpaired) electrons. The van der Waals surface area contributed by atoms with Crippen LogP contribution in [0.1, 0.15) is 10.5 Å². The van der Waals surface area contributed by atoms with Crippen LogP contribution in [0.2, 0.25) is 0 Å². The number of hydrogen-bond donors (Lipinski definition) is 2. The lowest BCUT2D eigenvalue weighted by molar-refractivity contribution is -0.119. The predicted octanol–water partition coefficient (Wildman–Crippen LogP) is 2.32. The zero-order valence-corrected chi connectivity index (χ0v) is 14.1. The molecule has 0 unspecified atom stereocenters. The van der Waals surface area contributed by atoms with Crippen molar-refractivity contribution < 1.29 is 27.8 Å². The number of H-pyrrole nitrogens is 1. The van der Waals surface area contributed by atoms with E-state index in [0.717, 1.165) is 0 Å². The molecule has 1 aromatic heterocycles. The topological polar surface area (TPSA) is 110 Å². The fourth-order valence-electron chi connectivity index (χ4n) is 2.39. The third-order valence-electron chi connectivity index (χ3n) is 3.59. The van der Waals surface area contributed by atoms with Crippen LogP contribution in [-0.4, -0.2) is 35.3 Å². The number of amides is 1. The fraction of sp³-hybridized carbons (Fsp3) is 0.111. The maximum absolute atomic E-state index is 12.2. The second-order valence-electron chi connectivity index (χ2n) is 5.47. The van der Waals surface area contributed by atoms with Crippen LogP contribution in [0.4, 0.5) is 14.5 Å². The lowest BCUT2D eigenvalue weighted by Gasteiger charge is -2.08. The van der Waals surface area contributed by atoms with Gasteiger partial charge in [0.15, 0.2) is 12.3 Å². The van der Waals surface area contributed by atoms with Gasteiger partial charge in [-0.25, -0.2) is 9.89 Å². The number of esters is 1. The van der Waals surface area contributed by atoms with Crippen LogP contribution in [0, 0.1) is 0 Å². The Bertz CT molecular complexity index is 1070. The van der Waals surface area contributed by atoms with Gasteiger partial charge in [0, 0.05) is 11.1 Å². The summed E-state index contributed by atoms with van der Waals surface area (Å²) in [7, 11) is 0. The van der Waals surface area contributed by atoms with E-state index in [1.807, 2.05) is 0 Å². The summed E-state index contributed by atoms with van der Waals surface area (Å²) in [6.07, 6.45) is 0. The van der Waals surface area contributed by atoms with Crippen molar-refractivity contribution in [1.82, 2.24) is 10.2 Å². The molecular formula is C18H13F2N3O5. The molecule has 1 amide bonds. The summed E-state index contributed by atoms with van der Waals surface area (Å²) in [6, 6.07) is 11.6. The summed E-state index contributed by atoms with van der Waals surface area (Å²) in [6.45, 7) is -3.55. The van der Waals surface area contributed by atoms with E-state index < -0.39 is 30.7 Å². The Morgan fingerprint density at radius 2 is 1.75 bits per heavy atom. The summed E-state index contributed by atoms with van der Waals surface area (Å²) in [4.78, 5) is 35.8. The van der Waals surface area contributed by atoms with Crippen LogP contribution in [0.5, 0.6) is 5.75 Å². The molecule has 0 spiro atoms. The Morgan fingerprint density at radius 3 is 2.43 bits per heavy atom. The Kier molecular flexibility index (Phi) is 5.58. The highest BCUT2D eigenvalue weighted by Gasteiger charge is 2.17. The number of hydrogen-bond acceptors (Lipinski definition) is 6. The molecule has 0 fully saturated rings. The van der Waals surface area contributed by atoms with Gasteiger partial charge in [-0.15, -0.1) is 0 Å². The average Bonchev–Trinajstić information content (AvgIpc) is 2.68. The minimum Gasteiger partial charge on any atom is -0.451 e. The van der Waals surface area contributed by atoms with E-state index in [1.165, 1.54) is 36.4 Å². The number of aromatic nitrogens is 2. The largest absolute Gasteiger partial charge is 0.451 e. The van der Waals surface area contributed by atoms with E-state index in [1.54, 1.807) is 12.1 Å². The first-order chi connectivity index (χ1) is 13.4. The molecule has 10 heteroatoms. The van der Waals surface area contributed by atoms with E-state index in [-0.39, 0.29) is 16.8 Å². The minimum absolute atomic E-state index is 0.0598. The molecule has 8 nitrogen and oxygen atoms in total. The maximum Gasteiger partial charge on any atom is 0.387 e. The van der Waals surface area contributed by atoms with Crippen molar-refractivity contribution in [3.05, 3.63) is 64.6 Å². The summed E-state index contributed by atoms with van der Waals surface area (Å²) in [5.41, 5.74) is -0.282. The molecule has 0 saturated heterocycles. The van der Waals surface area contributed by atoms with Crippen LogP contribution >= 0.6 is 0 Å². The first-order valence-corrected chi connectivity index (χ1v) is 7.93. The molecule has 0 atom stereocenters. The Balaban J connectivity index is 1.61. The molecule has 1 heterocycles. The number of anilines is 1. The number of benzene rings is 2. The van der Waals surface area contributed by atoms with Crippen LogP contribution in [0.25, 0.3) is 10.8 Å². The van der Waals surface area contributed by atoms with Crippen molar-refractivity contribution >= 4 is 28.3 Å². The van der Waals surface area contributed by atoms with Crippen LogP contribution in [0.3, 0.4) is 0 Å². The number of aromatic amines is 1. The van der Waals surface area contributed by atoms with Gasteiger partial charge >= 0.3 is 12.6 Å². The zero-order valence-electron chi connectivity index (χ0n) is 14.1. The van der Waals surface area contributed by atoms with Gasteiger partial charge in [-0.1, -0.05) is 18.2 Å². The van der Waals surface area contributed by atoms with Gasteiger partial charge in [-0.3, -0.25) is 9.59 Å². The number of halogens is 2. The lowest BCUT2D eigenvalue weighted by atomic mass is 10.1. The van der Waals surface area contributed by atoms with Crippen molar-refractivity contribution in [3.63, 3.8) is 0 Å². The van der Waals surface area contributed by atoms with E-state index in [0.29, 0.717) is 11.1 Å². The first-order valence-electron chi connectivity index (χ1n) is 7.93. The maximum atomic E-state index is 12.2. The SMILES string of the molecule is O=C(COC(=O)c1n[nH]c(=O)c2ccccc12)Nc1ccc(OC(F)F)cc1. The van der Waals surface area contributed by atoms with Crippen LogP contribution in [0.15, 0.2) is 53.3 Å². The van der Waals surface area contributed by atoms with E-state index in [4.69, 9.17) is 4.74 Å². The third kappa shape index (κ3) is 4.47. The number of carbonyl (C=O) groups is 2. The quantitative estimate of drug-likeness (QED) is 0.626. The summed E-state index contributed by atoms with van der Waals surface area (Å²) < 4.78 is 33.3. The number of nitrogens with zero attached hydrogens (tertiary/aromatic N) is 1. The molecule has 3 rings (SSSR count). The number of fused-ring (bicyclic) bond motifs is 1. The second-order valence-corrected chi connectivity index (χ2v) is 5.47. The highest BCUT2D eigenvalue weighted by Crippen LogP contribution is 2.18. The van der Waals surface area contributed by atoms with Crippen LogP contribution in [-0.2, 0) is 9.53 Å². The van der Waals surface area contributed by atoms with E-state index in [9.17, 15) is 23.2 Å². The van der Waals surface area contributed by atoms with Gasteiger partial charge < -0.3 is 14.8 Å². The van der Waals surface area contributed by atoms with E-state index in [2.05, 4.69) is 20.3 Å². The standard InChI is InChI=1S/C18H13F2N3O5/c19-18(20)28-11-7-5-10(6-8-11)21-14(24)9-27-17(26)15-12-3-1-2-4-13(12)16(25)23-22-15/h1-8,18H,9H2,(H,21,24)(H,23,25). The molecule has 2 aromatic carbocycles. The number of alkyl halides is 2. The number of ether oxygens (including phenoxy) is 2. The van der Waals surface area contributed by atoms with Gasteiger partial charge in [0.05, 0.1) is 5.39 Å².